The molecule has 1 N–H and O–H groups in total. The van der Waals surface area contributed by atoms with E-state index in [0.29, 0.717) is 5.92 Å². The van der Waals surface area contributed by atoms with Crippen molar-refractivity contribution in [2.45, 2.75) is 38.5 Å². The van der Waals surface area contributed by atoms with E-state index < -0.39 is 0 Å². The molecule has 3 aliphatic rings. The first-order chi connectivity index (χ1) is 12.7. The Morgan fingerprint density at radius 1 is 0.962 bits per heavy atom. The van der Waals surface area contributed by atoms with E-state index in [-0.39, 0.29) is 6.03 Å². The van der Waals surface area contributed by atoms with Crippen LogP contribution < -0.4 is 10.2 Å². The number of rotatable bonds is 5. The highest BCUT2D eigenvalue weighted by atomic mass is 35.5. The number of halogens is 1. The van der Waals surface area contributed by atoms with E-state index in [1.54, 1.807) is 0 Å². The second kappa shape index (κ2) is 8.08. The van der Waals surface area contributed by atoms with Gasteiger partial charge in [0.05, 0.1) is 0 Å². The van der Waals surface area contributed by atoms with Gasteiger partial charge >= 0.3 is 6.03 Å². The zero-order chi connectivity index (χ0) is 17.9. The number of nitrogens with zero attached hydrogens (tertiary/aromatic N) is 2. The smallest absolute Gasteiger partial charge is 0.317 e. The minimum absolute atomic E-state index is 0.139. The monoisotopic (exact) mass is 375 g/mol. The number of amides is 2. The average molecular weight is 376 g/mol. The van der Waals surface area contributed by atoms with Gasteiger partial charge in [-0.25, -0.2) is 4.79 Å². The van der Waals surface area contributed by atoms with Crippen LogP contribution in [0.3, 0.4) is 0 Å². The van der Waals surface area contributed by atoms with Gasteiger partial charge in [-0.1, -0.05) is 24.4 Å². The Morgan fingerprint density at radius 2 is 1.62 bits per heavy atom. The van der Waals surface area contributed by atoms with Crippen LogP contribution in [0.15, 0.2) is 24.3 Å². The number of hydrogen-bond acceptors (Lipinski definition) is 2. The van der Waals surface area contributed by atoms with Gasteiger partial charge in [0.25, 0.3) is 0 Å². The third kappa shape index (κ3) is 4.64. The van der Waals surface area contributed by atoms with Crippen molar-refractivity contribution < 1.29 is 4.79 Å². The maximum absolute atomic E-state index is 12.5. The number of anilines is 1. The summed E-state index contributed by atoms with van der Waals surface area (Å²) in [4.78, 5) is 16.9. The highest BCUT2D eigenvalue weighted by Gasteiger charge is 2.29. The van der Waals surface area contributed by atoms with Gasteiger partial charge in [0.1, 0.15) is 0 Å². The molecule has 1 aliphatic carbocycles. The fraction of sp³-hybridized carbons (Fsp3) is 0.667. The Kier molecular flexibility index (Phi) is 5.58. The van der Waals surface area contributed by atoms with Gasteiger partial charge < -0.3 is 15.1 Å². The second-order valence-electron chi connectivity index (χ2n) is 8.37. The maximum atomic E-state index is 12.5. The summed E-state index contributed by atoms with van der Waals surface area (Å²) in [6.45, 7) is 4.71. The van der Waals surface area contributed by atoms with E-state index in [9.17, 15) is 4.79 Å². The number of carbonyl (C=O) groups excluding carboxylic acids is 1. The first-order valence-corrected chi connectivity index (χ1v) is 10.6. The molecule has 2 heterocycles. The van der Waals surface area contributed by atoms with Crippen LogP contribution in [0.1, 0.15) is 38.5 Å². The highest BCUT2D eigenvalue weighted by molar-refractivity contribution is 6.30. The number of piperidine rings is 1. The molecule has 3 fully saturated rings. The van der Waals surface area contributed by atoms with Crippen molar-refractivity contribution in [3.8, 4) is 0 Å². The molecule has 1 saturated carbocycles. The van der Waals surface area contributed by atoms with Gasteiger partial charge in [-0.15, -0.1) is 0 Å². The Balaban J connectivity index is 1.17. The van der Waals surface area contributed by atoms with Crippen LogP contribution >= 0.6 is 11.6 Å². The summed E-state index contributed by atoms with van der Waals surface area (Å²) in [7, 11) is 0. The number of nitrogens with one attached hydrogen (secondary N) is 1. The fourth-order valence-corrected chi connectivity index (χ4v) is 4.55. The molecule has 1 atom stereocenters. The average Bonchev–Trinajstić information content (AvgIpc) is 3.35. The predicted molar refractivity (Wildman–Crippen MR) is 107 cm³/mol. The number of benzene rings is 1. The molecule has 0 bridgehead atoms. The lowest BCUT2D eigenvalue weighted by atomic mass is 9.92. The maximum Gasteiger partial charge on any atom is 0.317 e. The Hall–Kier alpha value is -1.42. The minimum atomic E-state index is 0.139. The van der Waals surface area contributed by atoms with Crippen LogP contribution in [-0.2, 0) is 0 Å². The summed E-state index contributed by atoms with van der Waals surface area (Å²) in [5, 5.41) is 3.96. The van der Waals surface area contributed by atoms with Gasteiger partial charge in [-0.05, 0) is 67.7 Å². The molecule has 142 valence electrons. The number of carbonyl (C=O) groups is 1. The van der Waals surface area contributed by atoms with Crippen molar-refractivity contribution in [1.82, 2.24) is 10.2 Å². The summed E-state index contributed by atoms with van der Waals surface area (Å²) in [5.41, 5.74) is 1.22. The quantitative estimate of drug-likeness (QED) is 0.828. The van der Waals surface area contributed by atoms with E-state index >= 15 is 0 Å². The highest BCUT2D eigenvalue weighted by Crippen LogP contribution is 2.38. The first-order valence-electron chi connectivity index (χ1n) is 10.2. The van der Waals surface area contributed by atoms with Gasteiger partial charge in [-0.2, -0.15) is 0 Å². The van der Waals surface area contributed by atoms with Crippen molar-refractivity contribution in [2.24, 2.45) is 17.8 Å². The molecule has 1 aromatic carbocycles. The van der Waals surface area contributed by atoms with E-state index in [1.807, 2.05) is 17.0 Å². The lowest BCUT2D eigenvalue weighted by Gasteiger charge is -2.32. The SMILES string of the molecule is O=C(NCC1CCN(c2ccc(Cl)cc2)C1)N1CCC(CC2CC2)CC1. The third-order valence-corrected chi connectivity index (χ3v) is 6.54. The van der Waals surface area contributed by atoms with Crippen molar-refractivity contribution in [2.75, 3.05) is 37.6 Å². The van der Waals surface area contributed by atoms with Crippen molar-refractivity contribution in [1.29, 1.82) is 0 Å². The van der Waals surface area contributed by atoms with Crippen LogP contribution in [-0.4, -0.2) is 43.7 Å². The van der Waals surface area contributed by atoms with Crippen LogP contribution in [0.5, 0.6) is 0 Å². The molecule has 1 unspecified atom stereocenters. The molecule has 26 heavy (non-hydrogen) atoms. The standard InChI is InChI=1S/C21H30ClN3O/c22-19-3-5-20(6-4-19)25-12-9-18(15-25)14-23-21(26)24-10-7-17(8-11-24)13-16-1-2-16/h3-6,16-18H,1-2,7-15H2,(H,23,26). The molecule has 4 rings (SSSR count). The molecule has 0 aromatic heterocycles. The van der Waals surface area contributed by atoms with E-state index in [1.165, 1.54) is 37.8 Å². The zero-order valence-electron chi connectivity index (χ0n) is 15.5. The summed E-state index contributed by atoms with van der Waals surface area (Å²) in [6.07, 6.45) is 7.80. The molecule has 0 radical (unpaired) electrons. The first kappa shape index (κ1) is 18.0. The normalized spacial score (nSPS) is 24.1. The number of urea groups is 1. The Bertz CT molecular complexity index is 608. The predicted octanol–water partition coefficient (Wildman–Crippen LogP) is 4.39. The molecule has 5 heteroatoms. The lowest BCUT2D eigenvalue weighted by molar-refractivity contribution is 0.165. The van der Waals surface area contributed by atoms with Crippen LogP contribution in [0.4, 0.5) is 10.5 Å². The summed E-state index contributed by atoms with van der Waals surface area (Å²) >= 11 is 5.97. The van der Waals surface area contributed by atoms with Crippen molar-refractivity contribution in [3.05, 3.63) is 29.3 Å². The van der Waals surface area contributed by atoms with E-state index in [0.717, 1.165) is 56.0 Å². The largest absolute Gasteiger partial charge is 0.371 e. The molecule has 4 nitrogen and oxygen atoms in total. The van der Waals surface area contributed by atoms with Crippen LogP contribution in [0.25, 0.3) is 0 Å². The molecular formula is C21H30ClN3O. The van der Waals surface area contributed by atoms with Gasteiger partial charge in [-0.3, -0.25) is 0 Å². The van der Waals surface area contributed by atoms with Crippen molar-refractivity contribution in [3.63, 3.8) is 0 Å². The summed E-state index contributed by atoms with van der Waals surface area (Å²) < 4.78 is 0. The minimum Gasteiger partial charge on any atom is -0.371 e. The fourth-order valence-electron chi connectivity index (χ4n) is 4.43. The second-order valence-corrected chi connectivity index (χ2v) is 8.81. The van der Waals surface area contributed by atoms with E-state index in [2.05, 4.69) is 22.3 Å². The van der Waals surface area contributed by atoms with Gasteiger partial charge in [0, 0.05) is 43.4 Å². The molecule has 0 spiro atoms. The van der Waals surface area contributed by atoms with Gasteiger partial charge in [0.15, 0.2) is 0 Å². The van der Waals surface area contributed by atoms with E-state index in [4.69, 9.17) is 11.6 Å². The van der Waals surface area contributed by atoms with Gasteiger partial charge in [0.2, 0.25) is 0 Å². The lowest BCUT2D eigenvalue weighted by Crippen LogP contribution is -2.45. The van der Waals surface area contributed by atoms with Crippen molar-refractivity contribution >= 4 is 23.3 Å². The molecular weight excluding hydrogens is 346 g/mol. The van der Waals surface area contributed by atoms with Crippen LogP contribution in [0, 0.1) is 17.8 Å². The Morgan fingerprint density at radius 3 is 2.31 bits per heavy atom. The third-order valence-electron chi connectivity index (χ3n) is 6.28. The summed E-state index contributed by atoms with van der Waals surface area (Å²) in [5.74, 6) is 2.39. The summed E-state index contributed by atoms with van der Waals surface area (Å²) in [6, 6.07) is 8.18. The number of likely N-dealkylation sites (tertiary alicyclic amines) is 1. The van der Waals surface area contributed by atoms with Crippen LogP contribution in [0.2, 0.25) is 5.02 Å². The Labute approximate surface area is 161 Å². The molecule has 2 saturated heterocycles. The zero-order valence-corrected chi connectivity index (χ0v) is 16.3. The molecule has 2 aliphatic heterocycles. The molecule has 2 amide bonds. The topological polar surface area (TPSA) is 35.6 Å². The number of hydrogen-bond donors (Lipinski definition) is 1. The molecule has 1 aromatic rings.